The summed E-state index contributed by atoms with van der Waals surface area (Å²) in [6.45, 7) is 3.12. The topological polar surface area (TPSA) is 105 Å². The van der Waals surface area contributed by atoms with Gasteiger partial charge in [-0.25, -0.2) is 13.1 Å². The first-order valence-corrected chi connectivity index (χ1v) is 13.2. The third-order valence-electron chi connectivity index (χ3n) is 6.65. The van der Waals surface area contributed by atoms with Crippen molar-refractivity contribution in [2.45, 2.75) is 56.4 Å². The summed E-state index contributed by atoms with van der Waals surface area (Å²) in [6.07, 6.45) is 5.68. The number of hydrogen-bond acceptors (Lipinski definition) is 6. The summed E-state index contributed by atoms with van der Waals surface area (Å²) in [4.78, 5) is 18.8. The molecule has 1 aliphatic carbocycles. The molecule has 34 heavy (non-hydrogen) atoms. The van der Waals surface area contributed by atoms with Gasteiger partial charge in [-0.1, -0.05) is 41.6 Å². The average Bonchev–Trinajstić information content (AvgIpc) is 3.35. The Bertz CT molecular complexity index is 1310. The predicted octanol–water partition coefficient (Wildman–Crippen LogP) is 4.03. The van der Waals surface area contributed by atoms with Crippen LogP contribution in [0.2, 0.25) is 0 Å². The van der Waals surface area contributed by atoms with Crippen molar-refractivity contribution in [3.63, 3.8) is 0 Å². The summed E-state index contributed by atoms with van der Waals surface area (Å²) in [7, 11) is -3.80. The van der Waals surface area contributed by atoms with Gasteiger partial charge in [-0.15, -0.1) is 0 Å². The van der Waals surface area contributed by atoms with Gasteiger partial charge in [-0.3, -0.25) is 4.79 Å². The quantitative estimate of drug-likeness (QED) is 0.591. The van der Waals surface area contributed by atoms with Gasteiger partial charge in [0.05, 0.1) is 4.90 Å². The lowest BCUT2D eigenvalue weighted by atomic mass is 9.88. The van der Waals surface area contributed by atoms with Crippen LogP contribution in [0, 0.1) is 6.92 Å². The van der Waals surface area contributed by atoms with Crippen molar-refractivity contribution < 1.29 is 17.7 Å². The van der Waals surface area contributed by atoms with Crippen molar-refractivity contribution in [2.24, 2.45) is 0 Å². The van der Waals surface area contributed by atoms with E-state index >= 15 is 0 Å². The number of nitrogens with zero attached hydrogens (tertiary/aromatic N) is 3. The van der Waals surface area contributed by atoms with E-state index < -0.39 is 10.0 Å². The molecule has 0 spiro atoms. The molecule has 2 aromatic carbocycles. The lowest BCUT2D eigenvalue weighted by Crippen LogP contribution is -2.35. The molecular formula is C25H28N4O4S. The zero-order valence-corrected chi connectivity index (χ0v) is 20.0. The molecule has 0 radical (unpaired) electrons. The third kappa shape index (κ3) is 4.50. The minimum Gasteiger partial charge on any atom is -0.334 e. The average molecular weight is 481 g/mol. The van der Waals surface area contributed by atoms with Crippen molar-refractivity contribution >= 4 is 15.9 Å². The summed E-state index contributed by atoms with van der Waals surface area (Å²) in [6, 6.07) is 12.7. The maximum absolute atomic E-state index is 13.4. The molecule has 0 bridgehead atoms. The Morgan fingerprint density at radius 1 is 1.09 bits per heavy atom. The minimum absolute atomic E-state index is 0.0705. The molecule has 0 saturated carbocycles. The molecule has 1 saturated heterocycles. The number of benzene rings is 2. The van der Waals surface area contributed by atoms with Gasteiger partial charge in [0.2, 0.25) is 15.8 Å². The first-order valence-electron chi connectivity index (χ1n) is 11.8. The normalized spacial score (nSPS) is 18.5. The summed E-state index contributed by atoms with van der Waals surface area (Å²) >= 11 is 0. The SMILES string of the molecule is Cc1ccc(-c2noc(C(=O)N3CCCCC3)n2)cc1S(=O)(=O)N[C@@H]1CCCc2ccccc21. The molecule has 178 valence electrons. The highest BCUT2D eigenvalue weighted by Crippen LogP contribution is 2.32. The predicted molar refractivity (Wildman–Crippen MR) is 127 cm³/mol. The number of aromatic nitrogens is 2. The van der Waals surface area contributed by atoms with E-state index in [1.54, 1.807) is 30.0 Å². The van der Waals surface area contributed by atoms with E-state index in [1.807, 2.05) is 18.2 Å². The number of likely N-dealkylation sites (tertiary alicyclic amines) is 1. The van der Waals surface area contributed by atoms with Crippen LogP contribution in [0.3, 0.4) is 0 Å². The van der Waals surface area contributed by atoms with Gasteiger partial charge in [-0.05, 0) is 68.2 Å². The van der Waals surface area contributed by atoms with E-state index in [0.29, 0.717) is 24.2 Å². The van der Waals surface area contributed by atoms with Crippen LogP contribution in [0.5, 0.6) is 0 Å². The number of nitrogens with one attached hydrogen (secondary N) is 1. The fraction of sp³-hybridized carbons (Fsp3) is 0.400. The number of sulfonamides is 1. The fourth-order valence-electron chi connectivity index (χ4n) is 4.82. The molecule has 1 N–H and O–H groups in total. The van der Waals surface area contributed by atoms with E-state index in [4.69, 9.17) is 4.52 Å². The number of hydrogen-bond donors (Lipinski definition) is 1. The Morgan fingerprint density at radius 2 is 1.88 bits per heavy atom. The number of carbonyl (C=O) groups is 1. The number of aryl methyl sites for hydroxylation is 2. The van der Waals surface area contributed by atoms with Crippen molar-refractivity contribution in [2.75, 3.05) is 13.1 Å². The summed E-state index contributed by atoms with van der Waals surface area (Å²) in [5.74, 6) is -0.158. The molecule has 1 fully saturated rings. The molecule has 1 aliphatic heterocycles. The zero-order chi connectivity index (χ0) is 23.7. The Morgan fingerprint density at radius 3 is 2.71 bits per heavy atom. The molecule has 2 heterocycles. The van der Waals surface area contributed by atoms with E-state index in [0.717, 1.165) is 44.1 Å². The highest BCUT2D eigenvalue weighted by molar-refractivity contribution is 7.89. The number of carbonyl (C=O) groups excluding carboxylic acids is 1. The molecule has 5 rings (SSSR count). The van der Waals surface area contributed by atoms with Crippen LogP contribution in [0.4, 0.5) is 0 Å². The van der Waals surface area contributed by atoms with Crippen LogP contribution in [0.1, 0.15) is 65.5 Å². The molecule has 1 atom stereocenters. The molecule has 3 aromatic rings. The van der Waals surface area contributed by atoms with Crippen LogP contribution in [-0.2, 0) is 16.4 Å². The van der Waals surface area contributed by atoms with Gasteiger partial charge in [0.1, 0.15) is 0 Å². The fourth-order valence-corrected chi connectivity index (χ4v) is 6.34. The molecular weight excluding hydrogens is 452 g/mol. The highest BCUT2D eigenvalue weighted by Gasteiger charge is 2.28. The van der Waals surface area contributed by atoms with Crippen LogP contribution in [-0.4, -0.2) is 42.5 Å². The number of amides is 1. The van der Waals surface area contributed by atoms with Gasteiger partial charge < -0.3 is 9.42 Å². The molecule has 1 aromatic heterocycles. The van der Waals surface area contributed by atoms with Gasteiger partial charge in [0.25, 0.3) is 0 Å². The third-order valence-corrected chi connectivity index (χ3v) is 8.27. The van der Waals surface area contributed by atoms with E-state index in [1.165, 1.54) is 5.56 Å². The second kappa shape index (κ2) is 9.31. The first kappa shape index (κ1) is 22.7. The second-order valence-corrected chi connectivity index (χ2v) is 10.7. The van der Waals surface area contributed by atoms with Gasteiger partial charge >= 0.3 is 11.8 Å². The van der Waals surface area contributed by atoms with E-state index in [2.05, 4.69) is 20.9 Å². The van der Waals surface area contributed by atoms with Crippen molar-refractivity contribution in [1.29, 1.82) is 0 Å². The Hall–Kier alpha value is -3.04. The van der Waals surface area contributed by atoms with Crippen molar-refractivity contribution in [3.8, 4) is 11.4 Å². The largest absolute Gasteiger partial charge is 0.334 e. The second-order valence-electron chi connectivity index (χ2n) is 9.02. The Balaban J connectivity index is 1.40. The molecule has 8 nitrogen and oxygen atoms in total. The van der Waals surface area contributed by atoms with E-state index in [-0.39, 0.29) is 28.6 Å². The Kier molecular flexibility index (Phi) is 6.22. The molecule has 0 unspecified atom stereocenters. The van der Waals surface area contributed by atoms with Crippen molar-refractivity contribution in [1.82, 2.24) is 19.8 Å². The zero-order valence-electron chi connectivity index (χ0n) is 19.2. The van der Waals surface area contributed by atoms with Gasteiger partial charge in [0, 0.05) is 24.7 Å². The standard InChI is InChI=1S/C25H28N4O4S/c1-17-12-13-19(23-26-24(33-27-23)25(30)29-14-5-2-6-15-29)16-22(17)34(31,32)28-21-11-7-9-18-8-3-4-10-20(18)21/h3-4,8,10,12-13,16,21,28H,2,5-7,9,11,14-15H2,1H3/t21-/m1/s1. The lowest BCUT2D eigenvalue weighted by molar-refractivity contribution is 0.0674. The summed E-state index contributed by atoms with van der Waals surface area (Å²) < 4.78 is 34.9. The summed E-state index contributed by atoms with van der Waals surface area (Å²) in [5.41, 5.74) is 3.32. The number of rotatable bonds is 5. The molecule has 9 heteroatoms. The minimum atomic E-state index is -3.80. The highest BCUT2D eigenvalue weighted by atomic mass is 32.2. The van der Waals surface area contributed by atoms with Crippen LogP contribution in [0.15, 0.2) is 51.9 Å². The van der Waals surface area contributed by atoms with Gasteiger partial charge in [-0.2, -0.15) is 4.98 Å². The number of piperidine rings is 1. The van der Waals surface area contributed by atoms with E-state index in [9.17, 15) is 13.2 Å². The van der Waals surface area contributed by atoms with Crippen molar-refractivity contribution in [3.05, 3.63) is 65.0 Å². The first-order chi connectivity index (χ1) is 16.4. The maximum atomic E-state index is 13.4. The maximum Gasteiger partial charge on any atom is 0.316 e. The monoisotopic (exact) mass is 480 g/mol. The Labute approximate surface area is 199 Å². The summed E-state index contributed by atoms with van der Waals surface area (Å²) in [5, 5.41) is 3.95. The van der Waals surface area contributed by atoms with Gasteiger partial charge in [0.15, 0.2) is 0 Å². The molecule has 2 aliphatic rings. The van der Waals surface area contributed by atoms with Crippen LogP contribution in [0.25, 0.3) is 11.4 Å². The molecule has 1 amide bonds. The lowest BCUT2D eigenvalue weighted by Gasteiger charge is -2.26. The smallest absolute Gasteiger partial charge is 0.316 e. The number of fused-ring (bicyclic) bond motifs is 1. The van der Waals surface area contributed by atoms with Crippen LogP contribution < -0.4 is 4.72 Å². The van der Waals surface area contributed by atoms with Crippen LogP contribution >= 0.6 is 0 Å².